The molecule has 0 fully saturated rings. The third kappa shape index (κ3) is 3.08. The van der Waals surface area contributed by atoms with Crippen molar-refractivity contribution in [3.63, 3.8) is 0 Å². The molecule has 2 aromatic rings. The molecule has 0 spiro atoms. The third-order valence-electron chi connectivity index (χ3n) is 3.99. The van der Waals surface area contributed by atoms with Gasteiger partial charge in [0.15, 0.2) is 0 Å². The minimum absolute atomic E-state index is 0.116. The van der Waals surface area contributed by atoms with Gasteiger partial charge in [0.2, 0.25) is 0 Å². The summed E-state index contributed by atoms with van der Waals surface area (Å²) >= 11 is 4.27. The summed E-state index contributed by atoms with van der Waals surface area (Å²) in [6.07, 6.45) is 1.88. The molecule has 0 unspecified atom stereocenters. The Morgan fingerprint density at radius 2 is 1.87 bits per heavy atom. The van der Waals surface area contributed by atoms with Gasteiger partial charge in [-0.15, -0.1) is 12.6 Å². The Bertz CT molecular complexity index is 848. The van der Waals surface area contributed by atoms with Gasteiger partial charge in [0.25, 0.3) is 0 Å². The average molecular weight is 326 g/mol. The molecule has 1 aliphatic carbocycles. The van der Waals surface area contributed by atoms with E-state index in [0.717, 1.165) is 27.2 Å². The van der Waals surface area contributed by atoms with E-state index in [1.807, 2.05) is 37.3 Å². The number of allylic oxidation sites excluding steroid dienone is 2. The predicted molar refractivity (Wildman–Crippen MR) is 92.8 cm³/mol. The number of benzene rings is 2. The second-order valence-corrected chi connectivity index (χ2v) is 6.03. The van der Waals surface area contributed by atoms with Crippen molar-refractivity contribution in [1.29, 1.82) is 0 Å². The molecular formula is C19H15FO2S. The summed E-state index contributed by atoms with van der Waals surface area (Å²) in [7, 11) is 0. The lowest BCUT2D eigenvalue weighted by Crippen LogP contribution is -1.97. The number of aliphatic carboxylic acids is 1. The van der Waals surface area contributed by atoms with Crippen LogP contribution in [0.1, 0.15) is 30.0 Å². The first-order valence-corrected chi connectivity index (χ1v) is 7.63. The highest BCUT2D eigenvalue weighted by molar-refractivity contribution is 7.80. The normalized spacial score (nSPS) is 15.2. The fraction of sp³-hybridized carbons (Fsp3) is 0.105. The Hall–Kier alpha value is -2.33. The zero-order valence-electron chi connectivity index (χ0n) is 12.5. The molecule has 116 valence electrons. The van der Waals surface area contributed by atoms with Crippen LogP contribution in [-0.4, -0.2) is 11.1 Å². The first kappa shape index (κ1) is 15.6. The number of thiol groups is 1. The van der Waals surface area contributed by atoms with E-state index in [4.69, 9.17) is 5.11 Å². The highest BCUT2D eigenvalue weighted by atomic mass is 32.1. The number of hydrogen-bond donors (Lipinski definition) is 2. The van der Waals surface area contributed by atoms with E-state index < -0.39 is 5.97 Å². The molecule has 0 saturated heterocycles. The van der Waals surface area contributed by atoms with Crippen LogP contribution in [0, 0.1) is 5.82 Å². The minimum atomic E-state index is -0.921. The number of rotatable bonds is 3. The summed E-state index contributed by atoms with van der Waals surface area (Å²) < 4.78 is 13.6. The van der Waals surface area contributed by atoms with Crippen LogP contribution in [0.4, 0.5) is 4.39 Å². The number of halogens is 1. The Balaban J connectivity index is 2.15. The highest BCUT2D eigenvalue weighted by Gasteiger charge is 2.25. The summed E-state index contributed by atoms with van der Waals surface area (Å²) in [4.78, 5) is 12.0. The standard InChI is InChI=1S/C19H15FO2S/c1-11-16(8-12-2-5-14(23)6-3-12)15-7-4-13(20)9-18(15)17(11)10-19(21)22/h2-9,23H,10H2,1H3,(H,21,22)/b16-8-. The van der Waals surface area contributed by atoms with E-state index in [0.29, 0.717) is 11.1 Å². The molecule has 0 radical (unpaired) electrons. The maximum Gasteiger partial charge on any atom is 0.307 e. The molecule has 1 aliphatic rings. The Kier molecular flexibility index (Phi) is 4.09. The quantitative estimate of drug-likeness (QED) is 0.786. The molecule has 0 aliphatic heterocycles. The molecule has 1 N–H and O–H groups in total. The second-order valence-electron chi connectivity index (χ2n) is 5.51. The smallest absolute Gasteiger partial charge is 0.307 e. The summed E-state index contributed by atoms with van der Waals surface area (Å²) in [5.74, 6) is -1.28. The summed E-state index contributed by atoms with van der Waals surface area (Å²) in [5.41, 5.74) is 5.01. The van der Waals surface area contributed by atoms with E-state index in [2.05, 4.69) is 12.6 Å². The summed E-state index contributed by atoms with van der Waals surface area (Å²) in [6, 6.07) is 12.2. The molecule has 0 amide bonds. The van der Waals surface area contributed by atoms with E-state index in [1.165, 1.54) is 12.1 Å². The zero-order valence-corrected chi connectivity index (χ0v) is 13.4. The predicted octanol–water partition coefficient (Wildman–Crippen LogP) is 4.92. The van der Waals surface area contributed by atoms with Gasteiger partial charge in [0.05, 0.1) is 6.42 Å². The first-order valence-electron chi connectivity index (χ1n) is 7.18. The molecule has 0 bridgehead atoms. The highest BCUT2D eigenvalue weighted by Crippen LogP contribution is 2.43. The monoisotopic (exact) mass is 326 g/mol. The lowest BCUT2D eigenvalue weighted by atomic mass is 10.0. The van der Waals surface area contributed by atoms with Crippen molar-refractivity contribution in [2.75, 3.05) is 0 Å². The van der Waals surface area contributed by atoms with Gasteiger partial charge < -0.3 is 5.11 Å². The van der Waals surface area contributed by atoms with Crippen molar-refractivity contribution >= 4 is 35.8 Å². The number of carboxylic acid groups (broad SMARTS) is 1. The fourth-order valence-electron chi connectivity index (χ4n) is 2.87. The average Bonchev–Trinajstić information content (AvgIpc) is 2.74. The molecule has 2 aromatic carbocycles. The second kappa shape index (κ2) is 6.05. The number of hydrogen-bond acceptors (Lipinski definition) is 2. The third-order valence-corrected chi connectivity index (χ3v) is 4.28. The van der Waals surface area contributed by atoms with Crippen LogP contribution in [-0.2, 0) is 4.79 Å². The van der Waals surface area contributed by atoms with Crippen LogP contribution >= 0.6 is 12.6 Å². The van der Waals surface area contributed by atoms with Crippen LogP contribution in [0.5, 0.6) is 0 Å². The number of carbonyl (C=O) groups is 1. The minimum Gasteiger partial charge on any atom is -0.481 e. The molecule has 0 heterocycles. The maximum absolute atomic E-state index is 13.6. The summed E-state index contributed by atoms with van der Waals surface area (Å²) in [5, 5.41) is 9.14. The number of fused-ring (bicyclic) bond motifs is 1. The van der Waals surface area contributed by atoms with Crippen LogP contribution in [0.15, 0.2) is 52.9 Å². The van der Waals surface area contributed by atoms with Gasteiger partial charge in [-0.2, -0.15) is 0 Å². The van der Waals surface area contributed by atoms with Gasteiger partial charge in [0, 0.05) is 4.90 Å². The van der Waals surface area contributed by atoms with Crippen molar-refractivity contribution < 1.29 is 14.3 Å². The number of carboxylic acids is 1. The Labute approximate surface area is 139 Å². The van der Waals surface area contributed by atoms with Crippen molar-refractivity contribution in [1.82, 2.24) is 0 Å². The first-order chi connectivity index (χ1) is 11.0. The van der Waals surface area contributed by atoms with Crippen LogP contribution in [0.3, 0.4) is 0 Å². The van der Waals surface area contributed by atoms with Gasteiger partial charge in [-0.25, -0.2) is 4.39 Å². The fourth-order valence-corrected chi connectivity index (χ4v) is 3.02. The topological polar surface area (TPSA) is 37.3 Å². The van der Waals surface area contributed by atoms with Crippen molar-refractivity contribution in [2.24, 2.45) is 0 Å². The SMILES string of the molecule is CC1=C(CC(=O)O)c2cc(F)ccc2/C1=C\c1ccc(S)cc1. The molecule has 0 aromatic heterocycles. The van der Waals surface area contributed by atoms with Gasteiger partial charge in [-0.3, -0.25) is 4.79 Å². The molecule has 3 rings (SSSR count). The summed E-state index contributed by atoms with van der Waals surface area (Å²) in [6.45, 7) is 1.88. The molecule has 23 heavy (non-hydrogen) atoms. The zero-order chi connectivity index (χ0) is 16.6. The van der Waals surface area contributed by atoms with E-state index >= 15 is 0 Å². The maximum atomic E-state index is 13.6. The van der Waals surface area contributed by atoms with Crippen molar-refractivity contribution in [3.05, 3.63) is 70.5 Å². The van der Waals surface area contributed by atoms with E-state index in [9.17, 15) is 9.18 Å². The molecule has 4 heteroatoms. The van der Waals surface area contributed by atoms with Gasteiger partial charge in [-0.1, -0.05) is 18.2 Å². The molecular weight excluding hydrogens is 311 g/mol. The van der Waals surface area contributed by atoms with Crippen LogP contribution in [0.2, 0.25) is 0 Å². The largest absolute Gasteiger partial charge is 0.481 e. The molecule has 0 saturated carbocycles. The lowest BCUT2D eigenvalue weighted by molar-refractivity contribution is -0.135. The van der Waals surface area contributed by atoms with Gasteiger partial charge in [0.1, 0.15) is 5.82 Å². The van der Waals surface area contributed by atoms with Crippen LogP contribution in [0.25, 0.3) is 17.2 Å². The van der Waals surface area contributed by atoms with Crippen molar-refractivity contribution in [2.45, 2.75) is 18.2 Å². The van der Waals surface area contributed by atoms with Gasteiger partial charge >= 0.3 is 5.97 Å². The molecule has 2 nitrogen and oxygen atoms in total. The van der Waals surface area contributed by atoms with Gasteiger partial charge in [-0.05, 0) is 70.7 Å². The Morgan fingerprint density at radius 1 is 1.17 bits per heavy atom. The molecule has 0 atom stereocenters. The lowest BCUT2D eigenvalue weighted by Gasteiger charge is -2.04. The van der Waals surface area contributed by atoms with E-state index in [1.54, 1.807) is 6.07 Å². The Morgan fingerprint density at radius 3 is 2.52 bits per heavy atom. The van der Waals surface area contributed by atoms with Crippen molar-refractivity contribution in [3.8, 4) is 0 Å². The van der Waals surface area contributed by atoms with E-state index in [-0.39, 0.29) is 12.2 Å². The van der Waals surface area contributed by atoms with Crippen LogP contribution < -0.4 is 0 Å².